The van der Waals surface area contributed by atoms with Crippen LogP contribution < -0.4 is 4.74 Å². The van der Waals surface area contributed by atoms with Gasteiger partial charge in [-0.15, -0.1) is 0 Å². The minimum atomic E-state index is -1.59. The Kier molecular flexibility index (Phi) is 6.49. The van der Waals surface area contributed by atoms with E-state index in [1.54, 1.807) is 12.1 Å². The van der Waals surface area contributed by atoms with E-state index in [1.165, 1.54) is 37.7 Å². The first-order valence-electron chi connectivity index (χ1n) is 11.0. The van der Waals surface area contributed by atoms with Crippen LogP contribution in [0.1, 0.15) is 67.3 Å². The van der Waals surface area contributed by atoms with Crippen LogP contribution in [0.3, 0.4) is 0 Å². The monoisotopic (exact) mass is 428 g/mol. The first-order valence-corrected chi connectivity index (χ1v) is 11.0. The third kappa shape index (κ3) is 4.86. The van der Waals surface area contributed by atoms with Crippen molar-refractivity contribution in [1.82, 2.24) is 0 Å². The van der Waals surface area contributed by atoms with Crippen LogP contribution in [0.4, 0.5) is 13.2 Å². The van der Waals surface area contributed by atoms with E-state index in [0.29, 0.717) is 18.1 Å². The number of carbonyl (C=O) groups is 1. The highest BCUT2D eigenvalue weighted by molar-refractivity contribution is 5.91. The standard InChI is InChI=1S/C26H27F3O2/c1-2-3-16-4-5-21-13-20(11-10-19(21)12-16)17-6-8-18(9-7-17)26(30)31-22-14-23(27)25(29)24(28)15-22/h2-3,6-9,14-16,19-21H,4-5,10-13H2,1H3/b3-2+. The summed E-state index contributed by atoms with van der Waals surface area (Å²) in [6.07, 6.45) is 12.0. The highest BCUT2D eigenvalue weighted by atomic mass is 19.2. The second-order valence-corrected chi connectivity index (χ2v) is 8.84. The van der Waals surface area contributed by atoms with Gasteiger partial charge in [-0.3, -0.25) is 0 Å². The van der Waals surface area contributed by atoms with E-state index in [1.807, 2.05) is 12.1 Å². The largest absolute Gasteiger partial charge is 0.423 e. The number of ether oxygens (including phenoxy) is 1. The number of hydrogen-bond donors (Lipinski definition) is 0. The normalized spacial score (nSPS) is 25.9. The predicted octanol–water partition coefficient (Wildman–Crippen LogP) is 7.20. The molecule has 2 aliphatic carbocycles. The van der Waals surface area contributed by atoms with Gasteiger partial charge in [-0.25, -0.2) is 18.0 Å². The Morgan fingerprint density at radius 1 is 0.935 bits per heavy atom. The summed E-state index contributed by atoms with van der Waals surface area (Å²) >= 11 is 0. The smallest absolute Gasteiger partial charge is 0.343 e. The van der Waals surface area contributed by atoms with Gasteiger partial charge in [0, 0.05) is 12.1 Å². The Labute approximate surface area is 181 Å². The van der Waals surface area contributed by atoms with Crippen LogP contribution in [0.2, 0.25) is 0 Å². The van der Waals surface area contributed by atoms with Gasteiger partial charge in [0.2, 0.25) is 0 Å². The fourth-order valence-corrected chi connectivity index (χ4v) is 5.32. The van der Waals surface area contributed by atoms with Crippen LogP contribution in [0.25, 0.3) is 0 Å². The van der Waals surface area contributed by atoms with Crippen LogP contribution in [0, 0.1) is 35.2 Å². The molecule has 4 unspecified atom stereocenters. The number of benzene rings is 2. The van der Waals surface area contributed by atoms with E-state index in [2.05, 4.69) is 19.1 Å². The average molecular weight is 428 g/mol. The van der Waals surface area contributed by atoms with E-state index in [4.69, 9.17) is 4.74 Å². The average Bonchev–Trinajstić information content (AvgIpc) is 2.77. The third-order valence-corrected chi connectivity index (χ3v) is 6.90. The van der Waals surface area contributed by atoms with Gasteiger partial charge < -0.3 is 4.74 Å². The van der Waals surface area contributed by atoms with Gasteiger partial charge in [-0.05, 0) is 86.8 Å². The van der Waals surface area contributed by atoms with E-state index in [9.17, 15) is 18.0 Å². The van der Waals surface area contributed by atoms with Gasteiger partial charge in [0.25, 0.3) is 0 Å². The second-order valence-electron chi connectivity index (χ2n) is 8.84. The first kappa shape index (κ1) is 21.7. The number of fused-ring (bicyclic) bond motifs is 1. The fourth-order valence-electron chi connectivity index (χ4n) is 5.32. The third-order valence-electron chi connectivity index (χ3n) is 6.90. The number of carbonyl (C=O) groups excluding carboxylic acids is 1. The van der Waals surface area contributed by atoms with Crippen molar-refractivity contribution in [2.24, 2.45) is 17.8 Å². The summed E-state index contributed by atoms with van der Waals surface area (Å²) in [4.78, 5) is 12.3. The van der Waals surface area contributed by atoms with Crippen molar-refractivity contribution in [3.63, 3.8) is 0 Å². The quantitative estimate of drug-likeness (QED) is 0.223. The zero-order chi connectivity index (χ0) is 22.0. The Hall–Kier alpha value is -2.56. The molecule has 2 aromatic rings. The van der Waals surface area contributed by atoms with Gasteiger partial charge in [-0.1, -0.05) is 24.3 Å². The molecule has 0 bridgehead atoms. The molecule has 2 nitrogen and oxygen atoms in total. The van der Waals surface area contributed by atoms with Crippen molar-refractivity contribution in [3.05, 3.63) is 77.1 Å². The molecule has 0 heterocycles. The van der Waals surface area contributed by atoms with Crippen LogP contribution in [-0.4, -0.2) is 5.97 Å². The van der Waals surface area contributed by atoms with E-state index < -0.39 is 23.4 Å². The zero-order valence-corrected chi connectivity index (χ0v) is 17.6. The Bertz CT molecular complexity index is 944. The van der Waals surface area contributed by atoms with Crippen molar-refractivity contribution in [3.8, 4) is 5.75 Å². The topological polar surface area (TPSA) is 26.3 Å². The highest BCUT2D eigenvalue weighted by Crippen LogP contribution is 2.47. The molecule has 0 amide bonds. The summed E-state index contributed by atoms with van der Waals surface area (Å²) in [6.45, 7) is 2.10. The fraction of sp³-hybridized carbons (Fsp3) is 0.423. The van der Waals surface area contributed by atoms with Gasteiger partial charge >= 0.3 is 5.97 Å². The molecular formula is C26H27F3O2. The maximum atomic E-state index is 13.3. The van der Waals surface area contributed by atoms with Crippen molar-refractivity contribution < 1.29 is 22.7 Å². The molecule has 31 heavy (non-hydrogen) atoms. The molecule has 164 valence electrons. The Balaban J connectivity index is 1.38. The summed E-state index contributed by atoms with van der Waals surface area (Å²) in [7, 11) is 0. The SMILES string of the molecule is C/C=C/C1CCC2CC(c3ccc(C(=O)Oc4cc(F)c(F)c(F)c4)cc3)CCC2C1. The van der Waals surface area contributed by atoms with E-state index in [-0.39, 0.29) is 11.3 Å². The van der Waals surface area contributed by atoms with Gasteiger partial charge in [-0.2, -0.15) is 0 Å². The molecule has 4 rings (SSSR count). The molecule has 5 heteroatoms. The summed E-state index contributed by atoms with van der Waals surface area (Å²) in [5.41, 5.74) is 1.50. The molecular weight excluding hydrogens is 401 g/mol. The zero-order valence-electron chi connectivity index (χ0n) is 17.6. The summed E-state index contributed by atoms with van der Waals surface area (Å²) in [6, 6.07) is 8.58. The maximum absolute atomic E-state index is 13.3. The number of hydrogen-bond acceptors (Lipinski definition) is 2. The molecule has 0 aromatic heterocycles. The maximum Gasteiger partial charge on any atom is 0.343 e. The molecule has 0 N–H and O–H groups in total. The van der Waals surface area contributed by atoms with Crippen LogP contribution in [-0.2, 0) is 0 Å². The second kappa shape index (κ2) is 9.29. The van der Waals surface area contributed by atoms with Crippen molar-refractivity contribution in [1.29, 1.82) is 0 Å². The molecule has 4 atom stereocenters. The van der Waals surface area contributed by atoms with Crippen molar-refractivity contribution in [2.45, 2.75) is 51.4 Å². The summed E-state index contributed by atoms with van der Waals surface area (Å²) < 4.78 is 44.7. The minimum Gasteiger partial charge on any atom is -0.423 e. The Morgan fingerprint density at radius 3 is 2.26 bits per heavy atom. The molecule has 0 radical (unpaired) electrons. The van der Waals surface area contributed by atoms with Crippen molar-refractivity contribution in [2.75, 3.05) is 0 Å². The number of allylic oxidation sites excluding steroid dienone is 2. The lowest BCUT2D eigenvalue weighted by Gasteiger charge is -2.41. The molecule has 2 aromatic carbocycles. The number of halogens is 3. The lowest BCUT2D eigenvalue weighted by molar-refractivity contribution is 0.0733. The van der Waals surface area contributed by atoms with Gasteiger partial charge in [0.15, 0.2) is 17.5 Å². The summed E-state index contributed by atoms with van der Waals surface area (Å²) in [5, 5.41) is 0. The first-order chi connectivity index (χ1) is 14.9. The van der Waals surface area contributed by atoms with E-state index in [0.717, 1.165) is 24.2 Å². The van der Waals surface area contributed by atoms with Crippen LogP contribution in [0.15, 0.2) is 48.6 Å². The Morgan fingerprint density at radius 2 is 1.58 bits per heavy atom. The minimum absolute atomic E-state index is 0.287. The molecule has 0 spiro atoms. The molecule has 2 aliphatic rings. The number of esters is 1. The van der Waals surface area contributed by atoms with E-state index >= 15 is 0 Å². The highest BCUT2D eigenvalue weighted by Gasteiger charge is 2.35. The predicted molar refractivity (Wildman–Crippen MR) is 113 cm³/mol. The lowest BCUT2D eigenvalue weighted by Crippen LogP contribution is -2.30. The summed E-state index contributed by atoms with van der Waals surface area (Å²) in [5.74, 6) is -2.66. The molecule has 2 saturated carbocycles. The number of rotatable bonds is 4. The van der Waals surface area contributed by atoms with Gasteiger partial charge in [0.1, 0.15) is 5.75 Å². The molecule has 2 fully saturated rings. The molecule has 0 aliphatic heterocycles. The van der Waals surface area contributed by atoms with Crippen LogP contribution >= 0.6 is 0 Å². The molecule has 0 saturated heterocycles. The van der Waals surface area contributed by atoms with Crippen LogP contribution in [0.5, 0.6) is 5.75 Å². The van der Waals surface area contributed by atoms with Crippen molar-refractivity contribution >= 4 is 5.97 Å². The lowest BCUT2D eigenvalue weighted by atomic mass is 9.64. The van der Waals surface area contributed by atoms with Gasteiger partial charge in [0.05, 0.1) is 5.56 Å².